The fraction of sp³-hybridized carbons (Fsp3) is 0.158. The van der Waals surface area contributed by atoms with Gasteiger partial charge in [-0.15, -0.1) is 6.58 Å². The molecule has 9 heteroatoms. The number of nitrogens with zero attached hydrogens (tertiary/aromatic N) is 3. The van der Waals surface area contributed by atoms with E-state index in [1.54, 1.807) is 30.4 Å². The van der Waals surface area contributed by atoms with Gasteiger partial charge in [0, 0.05) is 4.47 Å². The third kappa shape index (κ3) is 6.10. The first kappa shape index (κ1) is 20.9. The first-order valence-electron chi connectivity index (χ1n) is 8.19. The molecule has 0 aliphatic rings. The molecule has 0 spiro atoms. The van der Waals surface area contributed by atoms with Crippen molar-refractivity contribution < 1.29 is 14.3 Å². The van der Waals surface area contributed by atoms with Crippen molar-refractivity contribution >= 4 is 33.5 Å². The fourth-order valence-electron chi connectivity index (χ4n) is 1.99. The molecule has 28 heavy (non-hydrogen) atoms. The lowest BCUT2D eigenvalue weighted by atomic mass is 10.3. The molecule has 0 bridgehead atoms. The number of ether oxygens (including phenoxy) is 2. The van der Waals surface area contributed by atoms with Gasteiger partial charge in [-0.25, -0.2) is 9.78 Å². The van der Waals surface area contributed by atoms with Crippen LogP contribution in [0.2, 0.25) is 0 Å². The summed E-state index contributed by atoms with van der Waals surface area (Å²) in [4.78, 5) is 20.4. The van der Waals surface area contributed by atoms with Crippen LogP contribution in [0, 0.1) is 11.3 Å². The van der Waals surface area contributed by atoms with Crippen LogP contribution in [-0.4, -0.2) is 29.2 Å². The maximum Gasteiger partial charge on any atom is 0.325 e. The zero-order valence-electron chi connectivity index (χ0n) is 14.9. The lowest BCUT2D eigenvalue weighted by molar-refractivity contribution is 0.262. The summed E-state index contributed by atoms with van der Waals surface area (Å²) in [5.41, 5.74) is 0.486. The molecule has 8 nitrogen and oxygen atoms in total. The maximum atomic E-state index is 12.3. The Morgan fingerprint density at radius 1 is 1.29 bits per heavy atom. The minimum atomic E-state index is -0.558. The van der Waals surface area contributed by atoms with Crippen LogP contribution in [-0.2, 0) is 0 Å². The zero-order chi connectivity index (χ0) is 20.4. The molecule has 1 aromatic heterocycles. The monoisotopic (exact) mass is 443 g/mol. The molecule has 2 N–H and O–H groups in total. The van der Waals surface area contributed by atoms with Crippen LogP contribution in [0.3, 0.4) is 0 Å². The highest BCUT2D eigenvalue weighted by molar-refractivity contribution is 9.10. The lowest BCUT2D eigenvalue weighted by Gasteiger charge is -2.13. The predicted molar refractivity (Wildman–Crippen MR) is 110 cm³/mol. The quantitative estimate of drug-likeness (QED) is 0.442. The Kier molecular flexibility index (Phi) is 7.99. The summed E-state index contributed by atoms with van der Waals surface area (Å²) in [5.74, 6) is 0.658. The van der Waals surface area contributed by atoms with Crippen LogP contribution >= 0.6 is 15.9 Å². The second kappa shape index (κ2) is 10.7. The number of benzene rings is 1. The van der Waals surface area contributed by atoms with Crippen molar-refractivity contribution in [1.29, 1.82) is 5.26 Å². The highest BCUT2D eigenvalue weighted by Crippen LogP contribution is 2.28. The highest BCUT2D eigenvalue weighted by atomic mass is 79.9. The Labute approximate surface area is 171 Å². The Balaban J connectivity index is 2.12. The van der Waals surface area contributed by atoms with Gasteiger partial charge in [-0.05, 0) is 24.6 Å². The number of carbonyl (C=O) groups excluding carboxylic acids is 1. The molecule has 0 aliphatic heterocycles. The van der Waals surface area contributed by atoms with Crippen LogP contribution < -0.4 is 20.1 Å². The summed E-state index contributed by atoms with van der Waals surface area (Å²) in [6.45, 7) is 7.79. The summed E-state index contributed by atoms with van der Waals surface area (Å²) in [6, 6.07) is 6.55. The number of nitriles is 1. The van der Waals surface area contributed by atoms with E-state index in [0.717, 1.165) is 4.47 Å². The smallest absolute Gasteiger partial charge is 0.325 e. The van der Waals surface area contributed by atoms with Crippen LogP contribution in [0.1, 0.15) is 12.1 Å². The molecule has 0 fully saturated rings. The number of carbonyl (C=O) groups is 1. The summed E-state index contributed by atoms with van der Waals surface area (Å²) in [6.07, 6.45) is 5.14. The molecule has 0 unspecified atom stereocenters. The van der Waals surface area contributed by atoms with Crippen LogP contribution in [0.25, 0.3) is 0 Å². The first-order chi connectivity index (χ1) is 13.6. The van der Waals surface area contributed by atoms with E-state index in [1.165, 1.54) is 6.20 Å². The summed E-state index contributed by atoms with van der Waals surface area (Å²) >= 11 is 3.35. The fourth-order valence-corrected chi connectivity index (χ4v) is 2.35. The van der Waals surface area contributed by atoms with Crippen molar-refractivity contribution in [1.82, 2.24) is 9.97 Å². The van der Waals surface area contributed by atoms with Crippen molar-refractivity contribution in [3.05, 3.63) is 59.9 Å². The molecule has 2 rings (SSSR count). The summed E-state index contributed by atoms with van der Waals surface area (Å²) in [5, 5.41) is 14.3. The van der Waals surface area contributed by atoms with E-state index in [9.17, 15) is 4.79 Å². The molecule has 0 atom stereocenters. The number of aromatic nitrogens is 2. The minimum absolute atomic E-state index is 0.0297. The van der Waals surface area contributed by atoms with E-state index >= 15 is 0 Å². The first-order valence-corrected chi connectivity index (χ1v) is 8.98. The molecule has 2 amide bonds. The van der Waals surface area contributed by atoms with Gasteiger partial charge in [0.15, 0.2) is 5.82 Å². The Morgan fingerprint density at radius 3 is 2.82 bits per heavy atom. The molecule has 0 saturated heterocycles. The van der Waals surface area contributed by atoms with Crippen LogP contribution in [0.5, 0.6) is 11.6 Å². The van der Waals surface area contributed by atoms with Crippen LogP contribution in [0.4, 0.5) is 16.3 Å². The second-order valence-electron chi connectivity index (χ2n) is 5.27. The molecule has 0 saturated carbocycles. The van der Waals surface area contributed by atoms with E-state index < -0.39 is 6.03 Å². The summed E-state index contributed by atoms with van der Waals surface area (Å²) < 4.78 is 11.7. The van der Waals surface area contributed by atoms with E-state index in [2.05, 4.69) is 49.7 Å². The number of anilines is 2. The minimum Gasteiger partial charge on any atom is -0.487 e. The zero-order valence-corrected chi connectivity index (χ0v) is 16.5. The molecular formula is C19H18BrN5O3. The van der Waals surface area contributed by atoms with Crippen molar-refractivity contribution in [3.63, 3.8) is 0 Å². The third-order valence-electron chi connectivity index (χ3n) is 3.20. The van der Waals surface area contributed by atoms with Crippen molar-refractivity contribution in [2.75, 3.05) is 23.8 Å². The topological polar surface area (TPSA) is 109 Å². The summed E-state index contributed by atoms with van der Waals surface area (Å²) in [7, 11) is 0. The number of halogens is 1. The lowest BCUT2D eigenvalue weighted by Crippen LogP contribution is -2.21. The van der Waals surface area contributed by atoms with E-state index in [4.69, 9.17) is 14.7 Å². The Morgan fingerprint density at radius 2 is 2.11 bits per heavy atom. The molecule has 2 aromatic rings. The van der Waals surface area contributed by atoms with Crippen molar-refractivity contribution in [2.24, 2.45) is 0 Å². The van der Waals surface area contributed by atoms with Gasteiger partial charge in [-0.1, -0.05) is 34.7 Å². The average Bonchev–Trinajstić information content (AvgIpc) is 2.68. The van der Waals surface area contributed by atoms with Gasteiger partial charge in [-0.3, -0.25) is 5.32 Å². The largest absolute Gasteiger partial charge is 0.487 e. The maximum absolute atomic E-state index is 12.3. The van der Waals surface area contributed by atoms with Crippen LogP contribution in [0.15, 0.2) is 54.2 Å². The normalized spacial score (nSPS) is 9.71. The molecule has 1 aromatic carbocycles. The number of hydrogen-bond acceptors (Lipinski definition) is 6. The van der Waals surface area contributed by atoms with Gasteiger partial charge in [0.25, 0.3) is 5.88 Å². The number of urea groups is 1. The molecule has 144 valence electrons. The standard InChI is InChI=1S/C19H18BrN5O3/c1-3-5-9-28-18-15(11-21)22-12-17(24-18)25-19(26)23-14-10-13(20)6-7-16(14)27-8-4-2/h3-4,6-7,10,12H,1-2,5,8-9H2,(H2,23,24,25,26). The van der Waals surface area contributed by atoms with Gasteiger partial charge >= 0.3 is 6.03 Å². The Hall–Kier alpha value is -3.38. The second-order valence-corrected chi connectivity index (χ2v) is 6.18. The predicted octanol–water partition coefficient (Wildman–Crippen LogP) is 4.27. The highest BCUT2D eigenvalue weighted by Gasteiger charge is 2.13. The molecule has 1 heterocycles. The number of amides is 2. The number of nitrogens with one attached hydrogen (secondary N) is 2. The van der Waals surface area contributed by atoms with E-state index in [-0.39, 0.29) is 17.4 Å². The molecule has 0 aliphatic carbocycles. The van der Waals surface area contributed by atoms with Gasteiger partial charge in [0.1, 0.15) is 18.4 Å². The van der Waals surface area contributed by atoms with Gasteiger partial charge in [-0.2, -0.15) is 10.2 Å². The number of hydrogen-bond donors (Lipinski definition) is 2. The van der Waals surface area contributed by atoms with E-state index in [1.807, 2.05) is 6.07 Å². The average molecular weight is 444 g/mol. The van der Waals surface area contributed by atoms with Gasteiger partial charge in [0.05, 0.1) is 18.5 Å². The third-order valence-corrected chi connectivity index (χ3v) is 3.69. The van der Waals surface area contributed by atoms with Gasteiger partial charge < -0.3 is 14.8 Å². The van der Waals surface area contributed by atoms with Crippen molar-refractivity contribution in [2.45, 2.75) is 6.42 Å². The number of rotatable bonds is 9. The van der Waals surface area contributed by atoms with Crippen molar-refractivity contribution in [3.8, 4) is 17.7 Å². The SMILES string of the molecule is C=CCCOc1nc(NC(=O)Nc2cc(Br)ccc2OCC=C)cnc1C#N. The molecule has 0 radical (unpaired) electrons. The van der Waals surface area contributed by atoms with Gasteiger partial charge in [0.2, 0.25) is 5.69 Å². The van der Waals surface area contributed by atoms with E-state index in [0.29, 0.717) is 31.1 Å². The molecular weight excluding hydrogens is 426 g/mol. The Bertz CT molecular complexity index is 911.